The van der Waals surface area contributed by atoms with Gasteiger partial charge < -0.3 is 5.11 Å². The Morgan fingerprint density at radius 2 is 1.93 bits per heavy atom. The van der Waals surface area contributed by atoms with Gasteiger partial charge in [0.1, 0.15) is 0 Å². The van der Waals surface area contributed by atoms with Gasteiger partial charge in [-0.3, -0.25) is 4.79 Å². The van der Waals surface area contributed by atoms with E-state index in [9.17, 15) is 19.7 Å². The van der Waals surface area contributed by atoms with Crippen molar-refractivity contribution in [2.75, 3.05) is 0 Å². The lowest BCUT2D eigenvalue weighted by atomic mass is 10.0. The highest BCUT2D eigenvalue weighted by Crippen LogP contribution is 2.23. The van der Waals surface area contributed by atoms with E-state index in [1.165, 1.54) is 13.8 Å². The van der Waals surface area contributed by atoms with Crippen LogP contribution in [0.3, 0.4) is 0 Å². The van der Waals surface area contributed by atoms with Gasteiger partial charge in [-0.1, -0.05) is 0 Å². The van der Waals surface area contributed by atoms with Gasteiger partial charge in [-0.2, -0.15) is 12.6 Å². The predicted molar refractivity (Wildman–Crippen MR) is 54.0 cm³/mol. The molecule has 8 heteroatoms. The van der Waals surface area contributed by atoms with Crippen LogP contribution in [0.1, 0.15) is 20.8 Å². The van der Waals surface area contributed by atoms with Crippen LogP contribution in [0.15, 0.2) is 0 Å². The van der Waals surface area contributed by atoms with Gasteiger partial charge >= 0.3 is 5.97 Å². The number of hydrogen-bond acceptors (Lipinski definition) is 5. The minimum Gasteiger partial charge on any atom is -0.479 e. The lowest BCUT2D eigenvalue weighted by molar-refractivity contribution is -0.640. The summed E-state index contributed by atoms with van der Waals surface area (Å²) in [5.74, 6) is -2.42. The van der Waals surface area contributed by atoms with E-state index < -0.39 is 27.7 Å². The fourth-order valence-corrected chi connectivity index (χ4v) is 1.32. The molecule has 0 saturated heterocycles. The van der Waals surface area contributed by atoms with Crippen LogP contribution < -0.4 is 0 Å². The van der Waals surface area contributed by atoms with Gasteiger partial charge in [-0.15, -0.1) is 0 Å². The Kier molecular flexibility index (Phi) is 4.08. The van der Waals surface area contributed by atoms with Crippen molar-refractivity contribution in [2.45, 2.75) is 31.6 Å². The minimum absolute atomic E-state index is 0.0648. The number of amides is 1. The van der Waals surface area contributed by atoms with Crippen LogP contribution in [-0.2, 0) is 9.59 Å². The molecule has 0 unspecified atom stereocenters. The monoisotopic (exact) mass is 236 g/mol. The van der Waals surface area contributed by atoms with Crippen LogP contribution in [0, 0.1) is 10.1 Å². The third-order valence-electron chi connectivity index (χ3n) is 1.65. The SMILES string of the molecule is CC(=O)N([C@H](C(=O)O)C(C)(C)S)[N+](=O)[O-]. The van der Waals surface area contributed by atoms with Gasteiger partial charge in [0.05, 0.1) is 0 Å². The summed E-state index contributed by atoms with van der Waals surface area (Å²) in [7, 11) is 0. The van der Waals surface area contributed by atoms with E-state index in [1.54, 1.807) is 0 Å². The first-order valence-corrected chi connectivity index (χ1v) is 4.43. The number of aliphatic carboxylic acids is 1. The summed E-state index contributed by atoms with van der Waals surface area (Å²) in [6, 6.07) is -1.62. The number of hydrogen-bond donors (Lipinski definition) is 2. The predicted octanol–water partition coefficient (Wildman–Crippen LogP) is 0.188. The number of hydrazine groups is 1. The highest BCUT2D eigenvalue weighted by atomic mass is 32.1. The third kappa shape index (κ3) is 3.39. The molecule has 0 aromatic rings. The Hall–Kier alpha value is -1.31. The number of nitro groups is 1. The van der Waals surface area contributed by atoms with Gasteiger partial charge in [-0.25, -0.2) is 14.9 Å². The molecular formula is C7H12N2O5S. The van der Waals surface area contributed by atoms with Crippen molar-refractivity contribution in [3.8, 4) is 0 Å². The molecule has 0 aromatic heterocycles. The molecule has 0 aromatic carbocycles. The fraction of sp³-hybridized carbons (Fsp3) is 0.714. The summed E-state index contributed by atoms with van der Waals surface area (Å²) in [6.07, 6.45) is 0. The molecule has 0 heterocycles. The zero-order valence-electron chi connectivity index (χ0n) is 8.50. The molecule has 0 rings (SSSR count). The largest absolute Gasteiger partial charge is 0.479 e. The highest BCUT2D eigenvalue weighted by molar-refractivity contribution is 7.81. The van der Waals surface area contributed by atoms with Crippen molar-refractivity contribution in [1.82, 2.24) is 5.01 Å². The number of carbonyl (C=O) groups excluding carboxylic acids is 1. The van der Waals surface area contributed by atoms with Gasteiger partial charge in [0.15, 0.2) is 5.03 Å². The number of thiol groups is 1. The Bertz CT molecular complexity index is 284. The Morgan fingerprint density at radius 3 is 2.00 bits per heavy atom. The van der Waals surface area contributed by atoms with Crippen LogP contribution in [0.4, 0.5) is 0 Å². The zero-order chi connectivity index (χ0) is 12.4. The maximum Gasteiger partial charge on any atom is 0.334 e. The van der Waals surface area contributed by atoms with E-state index in [0.717, 1.165) is 6.92 Å². The zero-order valence-corrected chi connectivity index (χ0v) is 9.39. The molecule has 0 saturated carbocycles. The molecule has 1 atom stereocenters. The van der Waals surface area contributed by atoms with Crippen LogP contribution in [0.25, 0.3) is 0 Å². The maximum absolute atomic E-state index is 11.0. The van der Waals surface area contributed by atoms with Crippen LogP contribution in [0.5, 0.6) is 0 Å². The Labute approximate surface area is 91.6 Å². The smallest absolute Gasteiger partial charge is 0.334 e. The molecule has 0 bridgehead atoms. The number of carboxylic acid groups (broad SMARTS) is 1. The van der Waals surface area contributed by atoms with Crippen molar-refractivity contribution < 1.29 is 19.7 Å². The summed E-state index contributed by atoms with van der Waals surface area (Å²) >= 11 is 3.94. The molecule has 0 aliphatic rings. The lowest BCUT2D eigenvalue weighted by Crippen LogP contribution is -2.55. The first kappa shape index (κ1) is 13.7. The standard InChI is InChI=1S/C7H12N2O5S/c1-4(10)8(9(13)14)5(6(11)12)7(2,3)15/h5,15H,1-3H3,(H,11,12)/t5-/m1/s1. The van der Waals surface area contributed by atoms with Crippen molar-refractivity contribution in [3.63, 3.8) is 0 Å². The molecule has 0 aliphatic heterocycles. The fourth-order valence-electron chi connectivity index (χ4n) is 1.10. The number of carbonyl (C=O) groups is 2. The topological polar surface area (TPSA) is 101 Å². The lowest BCUT2D eigenvalue weighted by Gasteiger charge is -2.28. The van der Waals surface area contributed by atoms with E-state index in [0.29, 0.717) is 0 Å². The number of carboxylic acids is 1. The highest BCUT2D eigenvalue weighted by Gasteiger charge is 2.45. The number of nitrogens with zero attached hydrogens (tertiary/aromatic N) is 2. The van der Waals surface area contributed by atoms with Crippen LogP contribution >= 0.6 is 12.6 Å². The van der Waals surface area contributed by atoms with Crippen molar-refractivity contribution in [3.05, 3.63) is 10.1 Å². The molecular weight excluding hydrogens is 224 g/mol. The summed E-state index contributed by atoms with van der Waals surface area (Å²) in [5.41, 5.74) is 0. The third-order valence-corrected chi connectivity index (χ3v) is 1.89. The van der Waals surface area contributed by atoms with Crippen LogP contribution in [-0.4, -0.2) is 37.8 Å². The quantitative estimate of drug-likeness (QED) is 0.412. The van der Waals surface area contributed by atoms with E-state index in [-0.39, 0.29) is 5.01 Å². The van der Waals surface area contributed by atoms with E-state index in [2.05, 4.69) is 12.6 Å². The average Bonchev–Trinajstić information content (AvgIpc) is 1.94. The van der Waals surface area contributed by atoms with Crippen LogP contribution in [0.2, 0.25) is 0 Å². The summed E-state index contributed by atoms with van der Waals surface area (Å²) < 4.78 is -1.22. The second kappa shape index (κ2) is 4.47. The summed E-state index contributed by atoms with van der Waals surface area (Å²) in [6.45, 7) is 3.70. The molecule has 86 valence electrons. The van der Waals surface area contributed by atoms with E-state index >= 15 is 0 Å². The van der Waals surface area contributed by atoms with E-state index in [4.69, 9.17) is 5.11 Å². The molecule has 1 amide bonds. The second-order valence-electron chi connectivity index (χ2n) is 3.50. The van der Waals surface area contributed by atoms with Gasteiger partial charge in [0, 0.05) is 11.7 Å². The molecule has 0 fully saturated rings. The Balaban J connectivity index is 5.31. The van der Waals surface area contributed by atoms with Crippen molar-refractivity contribution >= 4 is 24.5 Å². The first-order chi connectivity index (χ1) is 6.59. The minimum atomic E-state index is -1.62. The molecule has 0 spiro atoms. The summed E-state index contributed by atoms with van der Waals surface area (Å²) in [4.78, 5) is 32.4. The molecule has 0 aliphatic carbocycles. The second-order valence-corrected chi connectivity index (χ2v) is 4.65. The maximum atomic E-state index is 11.0. The molecule has 0 radical (unpaired) electrons. The normalized spacial score (nSPS) is 13.1. The van der Waals surface area contributed by atoms with Gasteiger partial charge in [0.2, 0.25) is 6.04 Å². The van der Waals surface area contributed by atoms with E-state index in [1.807, 2.05) is 0 Å². The van der Waals surface area contributed by atoms with Crippen molar-refractivity contribution in [2.24, 2.45) is 0 Å². The molecule has 1 N–H and O–H groups in total. The first-order valence-electron chi connectivity index (χ1n) is 3.98. The van der Waals surface area contributed by atoms with Crippen molar-refractivity contribution in [1.29, 1.82) is 0 Å². The molecule has 15 heavy (non-hydrogen) atoms. The Morgan fingerprint density at radius 1 is 1.53 bits per heavy atom. The average molecular weight is 236 g/mol. The number of rotatable bonds is 4. The molecule has 7 nitrogen and oxygen atoms in total. The van der Waals surface area contributed by atoms with Gasteiger partial charge in [0.25, 0.3) is 5.91 Å². The summed E-state index contributed by atoms with van der Waals surface area (Å²) in [5, 5.41) is 18.4. The van der Waals surface area contributed by atoms with Gasteiger partial charge in [-0.05, 0) is 18.9 Å².